The Morgan fingerprint density at radius 1 is 1.06 bits per heavy atom. The van der Waals surface area contributed by atoms with Crippen molar-refractivity contribution in [3.63, 3.8) is 0 Å². The first-order valence-electron chi connectivity index (χ1n) is 6.03. The molecule has 2 nitrogen and oxygen atoms in total. The van der Waals surface area contributed by atoms with Crippen LogP contribution in [0, 0.1) is 6.92 Å². The van der Waals surface area contributed by atoms with E-state index in [0.717, 1.165) is 26.2 Å². The number of nitrogens with zero attached hydrogens (tertiary/aromatic N) is 2. The Bertz CT molecular complexity index is 321. The van der Waals surface area contributed by atoms with Crippen LogP contribution in [0.2, 0.25) is 0 Å². The van der Waals surface area contributed by atoms with Crippen molar-refractivity contribution in [1.29, 1.82) is 0 Å². The third kappa shape index (κ3) is 2.56. The number of benzene rings is 1. The van der Waals surface area contributed by atoms with Crippen LogP contribution >= 0.6 is 0 Å². The Morgan fingerprint density at radius 2 is 1.62 bits per heavy atom. The van der Waals surface area contributed by atoms with Crippen molar-refractivity contribution >= 4 is 5.69 Å². The van der Waals surface area contributed by atoms with Crippen LogP contribution in [0.4, 0.5) is 5.69 Å². The van der Waals surface area contributed by atoms with Crippen molar-refractivity contribution in [3.8, 4) is 0 Å². The molecule has 0 amide bonds. The summed E-state index contributed by atoms with van der Waals surface area (Å²) < 4.78 is 0. The summed E-state index contributed by atoms with van der Waals surface area (Å²) in [7, 11) is 2.19. The highest BCUT2D eigenvalue weighted by Gasteiger charge is 2.13. The van der Waals surface area contributed by atoms with E-state index in [4.69, 9.17) is 0 Å². The number of anilines is 1. The molecule has 1 aromatic rings. The predicted molar refractivity (Wildman–Crippen MR) is 69.9 cm³/mol. The number of hydrogen-bond donors (Lipinski definition) is 0. The Labute approximate surface area is 98.9 Å². The van der Waals surface area contributed by atoms with Crippen molar-refractivity contribution in [2.45, 2.75) is 12.8 Å². The molecule has 0 spiro atoms. The second-order valence-electron chi connectivity index (χ2n) is 4.78. The summed E-state index contributed by atoms with van der Waals surface area (Å²) in [5.41, 5.74) is 2.66. The van der Waals surface area contributed by atoms with Crippen LogP contribution < -0.4 is 4.90 Å². The van der Waals surface area contributed by atoms with Gasteiger partial charge in [0.2, 0.25) is 0 Å². The Hall–Kier alpha value is -1.02. The molecule has 0 aliphatic carbocycles. The van der Waals surface area contributed by atoms with Gasteiger partial charge in [0, 0.05) is 31.9 Å². The van der Waals surface area contributed by atoms with Crippen molar-refractivity contribution in [3.05, 3.63) is 36.8 Å². The molecule has 1 aliphatic heterocycles. The van der Waals surface area contributed by atoms with Gasteiger partial charge < -0.3 is 9.80 Å². The molecule has 1 aliphatic rings. The molecule has 2 heteroatoms. The third-order valence-corrected chi connectivity index (χ3v) is 3.33. The summed E-state index contributed by atoms with van der Waals surface area (Å²) in [6.45, 7) is 10.8. The van der Waals surface area contributed by atoms with Gasteiger partial charge in [-0.25, -0.2) is 0 Å². The fourth-order valence-electron chi connectivity index (χ4n) is 2.08. The molecule has 1 heterocycles. The van der Waals surface area contributed by atoms with Crippen LogP contribution in [0.3, 0.4) is 0 Å². The summed E-state index contributed by atoms with van der Waals surface area (Å²) in [5.74, 6) is 0.376. The average Bonchev–Trinajstić information content (AvgIpc) is 2.30. The van der Waals surface area contributed by atoms with Gasteiger partial charge in [-0.1, -0.05) is 19.1 Å². The first-order chi connectivity index (χ1) is 7.66. The monoisotopic (exact) mass is 217 g/mol. The summed E-state index contributed by atoms with van der Waals surface area (Å²) >= 11 is 0. The molecule has 0 bridgehead atoms. The number of rotatable bonds is 2. The van der Waals surface area contributed by atoms with E-state index in [1.807, 2.05) is 0 Å². The lowest BCUT2D eigenvalue weighted by Gasteiger charge is -2.34. The van der Waals surface area contributed by atoms with Gasteiger partial charge in [-0.3, -0.25) is 0 Å². The maximum absolute atomic E-state index is 4.04. The zero-order chi connectivity index (χ0) is 11.5. The van der Waals surface area contributed by atoms with Crippen LogP contribution in [-0.2, 0) is 0 Å². The van der Waals surface area contributed by atoms with Gasteiger partial charge in [-0.15, -0.1) is 0 Å². The number of hydrogen-bond acceptors (Lipinski definition) is 2. The minimum atomic E-state index is 0.376. The van der Waals surface area contributed by atoms with Gasteiger partial charge >= 0.3 is 0 Å². The summed E-state index contributed by atoms with van der Waals surface area (Å²) in [4.78, 5) is 4.83. The van der Waals surface area contributed by atoms with Crippen LogP contribution in [0.25, 0.3) is 0 Å². The molecule has 0 saturated carbocycles. The van der Waals surface area contributed by atoms with Gasteiger partial charge in [-0.2, -0.15) is 0 Å². The zero-order valence-electron chi connectivity index (χ0n) is 10.3. The Morgan fingerprint density at radius 3 is 2.12 bits per heavy atom. The number of likely N-dealkylation sites (N-methyl/N-ethyl adjacent to an activating group) is 1. The Balaban J connectivity index is 2.04. The van der Waals surface area contributed by atoms with E-state index in [1.165, 1.54) is 11.3 Å². The zero-order valence-corrected chi connectivity index (χ0v) is 10.3. The second kappa shape index (κ2) is 4.88. The minimum absolute atomic E-state index is 0.376. The van der Waals surface area contributed by atoms with Crippen molar-refractivity contribution < 1.29 is 0 Å². The molecule has 16 heavy (non-hydrogen) atoms. The molecular formula is C14H21N2. The third-order valence-electron chi connectivity index (χ3n) is 3.33. The summed E-state index contributed by atoms with van der Waals surface area (Å²) in [6, 6.07) is 8.85. The van der Waals surface area contributed by atoms with E-state index < -0.39 is 0 Å². The molecular weight excluding hydrogens is 196 g/mol. The second-order valence-corrected chi connectivity index (χ2v) is 4.78. The lowest BCUT2D eigenvalue weighted by molar-refractivity contribution is 0.313. The normalized spacial score (nSPS) is 18.1. The Kier molecular flexibility index (Phi) is 3.49. The lowest BCUT2D eigenvalue weighted by atomic mass is 10.0. The molecule has 1 saturated heterocycles. The van der Waals surface area contributed by atoms with Gasteiger partial charge in [0.15, 0.2) is 0 Å². The van der Waals surface area contributed by atoms with Crippen LogP contribution in [-0.4, -0.2) is 38.1 Å². The van der Waals surface area contributed by atoms with Crippen LogP contribution in [0.1, 0.15) is 18.4 Å². The maximum atomic E-state index is 4.04. The lowest BCUT2D eigenvalue weighted by Crippen LogP contribution is -2.44. The molecule has 0 N–H and O–H groups in total. The first kappa shape index (κ1) is 11.5. The smallest absolute Gasteiger partial charge is 0.0367 e. The highest BCUT2D eigenvalue weighted by molar-refractivity contribution is 5.48. The van der Waals surface area contributed by atoms with Gasteiger partial charge in [-0.05, 0) is 37.6 Å². The quantitative estimate of drug-likeness (QED) is 0.750. The standard InChI is InChI=1S/C14H21N2/c1-12(2)13-4-6-14(7-5-13)16-10-8-15(3)9-11-16/h4-7,12H,1,8-11H2,2-3H3. The van der Waals surface area contributed by atoms with E-state index in [0.29, 0.717) is 5.92 Å². The van der Waals surface area contributed by atoms with E-state index in [1.54, 1.807) is 0 Å². The molecule has 1 atom stereocenters. The van der Waals surface area contributed by atoms with Crippen molar-refractivity contribution in [1.82, 2.24) is 4.90 Å². The molecule has 1 fully saturated rings. The highest BCUT2D eigenvalue weighted by Crippen LogP contribution is 2.20. The maximum Gasteiger partial charge on any atom is 0.0367 e. The SMILES string of the molecule is [CH2]C(C)c1ccc(N2CCN(C)CC2)cc1. The fourth-order valence-corrected chi connectivity index (χ4v) is 2.08. The highest BCUT2D eigenvalue weighted by atomic mass is 15.2. The van der Waals surface area contributed by atoms with E-state index >= 15 is 0 Å². The van der Waals surface area contributed by atoms with Gasteiger partial charge in [0.25, 0.3) is 0 Å². The van der Waals surface area contributed by atoms with Crippen LogP contribution in [0.5, 0.6) is 0 Å². The largest absolute Gasteiger partial charge is 0.369 e. The van der Waals surface area contributed by atoms with Crippen molar-refractivity contribution in [2.75, 3.05) is 38.1 Å². The molecule has 0 aromatic heterocycles. The predicted octanol–water partition coefficient (Wildman–Crippen LogP) is 2.38. The van der Waals surface area contributed by atoms with E-state index in [-0.39, 0.29) is 0 Å². The van der Waals surface area contributed by atoms with E-state index in [2.05, 4.69) is 55.0 Å². The number of piperazine rings is 1. The topological polar surface area (TPSA) is 6.48 Å². The minimum Gasteiger partial charge on any atom is -0.369 e. The summed E-state index contributed by atoms with van der Waals surface area (Å²) in [5, 5.41) is 0. The molecule has 2 rings (SSSR count). The van der Waals surface area contributed by atoms with Crippen molar-refractivity contribution in [2.24, 2.45) is 0 Å². The van der Waals surface area contributed by atoms with Gasteiger partial charge in [0.05, 0.1) is 0 Å². The van der Waals surface area contributed by atoms with Gasteiger partial charge in [0.1, 0.15) is 0 Å². The molecule has 1 aromatic carbocycles. The summed E-state index contributed by atoms with van der Waals surface area (Å²) in [6.07, 6.45) is 0. The fraction of sp³-hybridized carbons (Fsp3) is 0.500. The first-order valence-corrected chi connectivity index (χ1v) is 6.03. The van der Waals surface area contributed by atoms with Crippen LogP contribution in [0.15, 0.2) is 24.3 Å². The molecule has 1 radical (unpaired) electrons. The van der Waals surface area contributed by atoms with E-state index in [9.17, 15) is 0 Å². The molecule has 1 unspecified atom stereocenters. The average molecular weight is 217 g/mol. The molecule has 87 valence electrons.